The molecule has 0 aromatic heterocycles. The molecule has 5 heteroatoms. The molecular weight excluding hydrogens is 314 g/mol. The number of unbranched alkanes of at least 4 members (excludes halogenated alkanes) is 2. The molecule has 0 bridgehead atoms. The third kappa shape index (κ3) is 4.73. The zero-order chi connectivity index (χ0) is 17.6. The summed E-state index contributed by atoms with van der Waals surface area (Å²) in [5, 5.41) is 8.93. The molecule has 1 aromatic carbocycles. The standard InChI is InChI=1S/C20H33N3O2/c1-22-10-7-17(8-11-22)25-18-6-5-16-15-23(9-3-2-4-12-24)20(14-21)19(16)13-18/h5-6,13,17,20,24H,2-4,7-12,14-15,21H2,1H3. The van der Waals surface area contributed by atoms with E-state index in [0.717, 1.165) is 64.0 Å². The summed E-state index contributed by atoms with van der Waals surface area (Å²) < 4.78 is 6.26. The van der Waals surface area contributed by atoms with Gasteiger partial charge in [-0.25, -0.2) is 0 Å². The molecule has 0 radical (unpaired) electrons. The number of nitrogens with two attached hydrogens (primary N) is 1. The van der Waals surface area contributed by atoms with Crippen molar-refractivity contribution in [2.45, 2.75) is 50.8 Å². The Balaban J connectivity index is 1.60. The van der Waals surface area contributed by atoms with Crippen molar-refractivity contribution in [1.29, 1.82) is 0 Å². The Morgan fingerprint density at radius 2 is 2.00 bits per heavy atom. The summed E-state index contributed by atoms with van der Waals surface area (Å²) in [6, 6.07) is 6.86. The van der Waals surface area contributed by atoms with E-state index in [1.54, 1.807) is 0 Å². The second-order valence-corrected chi connectivity index (χ2v) is 7.49. The molecule has 140 valence electrons. The number of hydrogen-bond acceptors (Lipinski definition) is 5. The summed E-state index contributed by atoms with van der Waals surface area (Å²) in [4.78, 5) is 4.84. The number of rotatable bonds is 8. The van der Waals surface area contributed by atoms with E-state index in [-0.39, 0.29) is 6.61 Å². The van der Waals surface area contributed by atoms with Crippen molar-refractivity contribution in [3.8, 4) is 5.75 Å². The third-order valence-electron chi connectivity index (χ3n) is 5.59. The van der Waals surface area contributed by atoms with Gasteiger partial charge in [-0.3, -0.25) is 4.90 Å². The first-order chi connectivity index (χ1) is 12.2. The lowest BCUT2D eigenvalue weighted by molar-refractivity contribution is 0.114. The van der Waals surface area contributed by atoms with Crippen molar-refractivity contribution in [2.75, 3.05) is 39.8 Å². The third-order valence-corrected chi connectivity index (χ3v) is 5.59. The van der Waals surface area contributed by atoms with Crippen LogP contribution >= 0.6 is 0 Å². The van der Waals surface area contributed by atoms with Gasteiger partial charge >= 0.3 is 0 Å². The van der Waals surface area contributed by atoms with Crippen LogP contribution < -0.4 is 10.5 Å². The highest BCUT2D eigenvalue weighted by Gasteiger charge is 2.29. The minimum Gasteiger partial charge on any atom is -0.490 e. The summed E-state index contributed by atoms with van der Waals surface area (Å²) in [6.45, 7) is 5.18. The van der Waals surface area contributed by atoms with Crippen LogP contribution in [0.15, 0.2) is 18.2 Å². The lowest BCUT2D eigenvalue weighted by Crippen LogP contribution is -2.35. The van der Waals surface area contributed by atoms with Gasteiger partial charge in [0, 0.05) is 38.8 Å². The molecule has 1 unspecified atom stereocenters. The number of fused-ring (bicyclic) bond motifs is 1. The van der Waals surface area contributed by atoms with Crippen LogP contribution in [0.4, 0.5) is 0 Å². The van der Waals surface area contributed by atoms with E-state index in [4.69, 9.17) is 15.6 Å². The van der Waals surface area contributed by atoms with Crippen molar-refractivity contribution < 1.29 is 9.84 Å². The fraction of sp³-hybridized carbons (Fsp3) is 0.700. The molecule has 3 N–H and O–H groups in total. The SMILES string of the molecule is CN1CCC(Oc2ccc3c(c2)C(CN)N(CCCCCO)C3)CC1. The molecular formula is C20H33N3O2. The van der Waals surface area contributed by atoms with Crippen LogP contribution in [0.5, 0.6) is 5.75 Å². The van der Waals surface area contributed by atoms with Gasteiger partial charge in [-0.15, -0.1) is 0 Å². The average molecular weight is 348 g/mol. The predicted octanol–water partition coefficient (Wildman–Crippen LogP) is 2.14. The zero-order valence-corrected chi connectivity index (χ0v) is 15.5. The lowest BCUT2D eigenvalue weighted by Gasteiger charge is -2.29. The van der Waals surface area contributed by atoms with Crippen molar-refractivity contribution in [3.05, 3.63) is 29.3 Å². The van der Waals surface area contributed by atoms with Gasteiger partial charge in [0.05, 0.1) is 0 Å². The summed E-state index contributed by atoms with van der Waals surface area (Å²) in [5.41, 5.74) is 8.82. The van der Waals surface area contributed by atoms with Gasteiger partial charge in [0.2, 0.25) is 0 Å². The van der Waals surface area contributed by atoms with E-state index in [2.05, 4.69) is 35.0 Å². The predicted molar refractivity (Wildman–Crippen MR) is 101 cm³/mol. The van der Waals surface area contributed by atoms with Gasteiger partial charge in [0.1, 0.15) is 11.9 Å². The monoisotopic (exact) mass is 347 g/mol. The Bertz CT molecular complexity index is 544. The summed E-state index contributed by atoms with van der Waals surface area (Å²) >= 11 is 0. The van der Waals surface area contributed by atoms with Crippen LogP contribution in [0.2, 0.25) is 0 Å². The molecule has 1 atom stereocenters. The molecule has 1 saturated heterocycles. The summed E-state index contributed by atoms with van der Waals surface area (Å²) in [5.74, 6) is 0.994. The first kappa shape index (κ1) is 18.6. The molecule has 2 heterocycles. The Kier molecular flexibility index (Phi) is 6.70. The number of benzene rings is 1. The Morgan fingerprint density at radius 3 is 2.72 bits per heavy atom. The van der Waals surface area contributed by atoms with Gasteiger partial charge < -0.3 is 20.5 Å². The minimum atomic E-state index is 0.290. The topological polar surface area (TPSA) is 62.0 Å². The van der Waals surface area contributed by atoms with Crippen LogP contribution in [-0.4, -0.2) is 60.8 Å². The highest BCUT2D eigenvalue weighted by atomic mass is 16.5. The second-order valence-electron chi connectivity index (χ2n) is 7.49. The maximum Gasteiger partial charge on any atom is 0.120 e. The normalized spacial score (nSPS) is 22.3. The van der Waals surface area contributed by atoms with Crippen LogP contribution in [-0.2, 0) is 6.54 Å². The quantitative estimate of drug-likeness (QED) is 0.706. The number of aliphatic hydroxyl groups excluding tert-OH is 1. The van der Waals surface area contributed by atoms with E-state index >= 15 is 0 Å². The largest absolute Gasteiger partial charge is 0.490 e. The second kappa shape index (κ2) is 8.99. The number of likely N-dealkylation sites (tertiary alicyclic amines) is 1. The van der Waals surface area contributed by atoms with Crippen molar-refractivity contribution >= 4 is 0 Å². The van der Waals surface area contributed by atoms with Crippen LogP contribution in [0, 0.1) is 0 Å². The number of aliphatic hydroxyl groups is 1. The Hall–Kier alpha value is -1.14. The van der Waals surface area contributed by atoms with E-state index in [1.807, 2.05) is 0 Å². The molecule has 0 amide bonds. The molecule has 1 aromatic rings. The molecule has 1 fully saturated rings. The Morgan fingerprint density at radius 1 is 1.20 bits per heavy atom. The molecule has 0 spiro atoms. The fourth-order valence-corrected chi connectivity index (χ4v) is 4.04. The molecule has 25 heavy (non-hydrogen) atoms. The van der Waals surface area contributed by atoms with Gasteiger partial charge in [0.25, 0.3) is 0 Å². The smallest absolute Gasteiger partial charge is 0.120 e. The molecule has 5 nitrogen and oxygen atoms in total. The maximum atomic E-state index is 8.93. The number of ether oxygens (including phenoxy) is 1. The number of nitrogens with zero attached hydrogens (tertiary/aromatic N) is 2. The van der Waals surface area contributed by atoms with Crippen LogP contribution in [0.25, 0.3) is 0 Å². The minimum absolute atomic E-state index is 0.290. The fourth-order valence-electron chi connectivity index (χ4n) is 4.04. The highest BCUT2D eigenvalue weighted by Crippen LogP contribution is 2.36. The van der Waals surface area contributed by atoms with E-state index in [9.17, 15) is 0 Å². The first-order valence-electron chi connectivity index (χ1n) is 9.74. The molecule has 2 aliphatic heterocycles. The first-order valence-corrected chi connectivity index (χ1v) is 9.74. The van der Waals surface area contributed by atoms with Gasteiger partial charge in [-0.2, -0.15) is 0 Å². The summed E-state index contributed by atoms with van der Waals surface area (Å²) in [7, 11) is 2.17. The maximum absolute atomic E-state index is 8.93. The summed E-state index contributed by atoms with van der Waals surface area (Å²) in [6.07, 6.45) is 5.62. The Labute approximate surface area is 151 Å². The van der Waals surface area contributed by atoms with Crippen LogP contribution in [0.1, 0.15) is 49.3 Å². The van der Waals surface area contributed by atoms with Crippen molar-refractivity contribution in [2.24, 2.45) is 5.73 Å². The van der Waals surface area contributed by atoms with Gasteiger partial charge in [-0.05, 0) is 69.0 Å². The molecule has 2 aliphatic rings. The van der Waals surface area contributed by atoms with Crippen molar-refractivity contribution in [1.82, 2.24) is 9.80 Å². The van der Waals surface area contributed by atoms with Crippen LogP contribution in [0.3, 0.4) is 0 Å². The van der Waals surface area contributed by atoms with E-state index in [0.29, 0.717) is 18.7 Å². The molecule has 0 aliphatic carbocycles. The average Bonchev–Trinajstić information content (AvgIpc) is 2.97. The van der Waals surface area contributed by atoms with Crippen molar-refractivity contribution in [3.63, 3.8) is 0 Å². The van der Waals surface area contributed by atoms with E-state index < -0.39 is 0 Å². The zero-order valence-electron chi connectivity index (χ0n) is 15.5. The number of piperidine rings is 1. The van der Waals surface area contributed by atoms with Gasteiger partial charge in [0.15, 0.2) is 0 Å². The number of hydrogen-bond donors (Lipinski definition) is 2. The van der Waals surface area contributed by atoms with E-state index in [1.165, 1.54) is 11.1 Å². The van der Waals surface area contributed by atoms with Gasteiger partial charge in [-0.1, -0.05) is 6.07 Å². The molecule has 0 saturated carbocycles. The molecule has 3 rings (SSSR count). The lowest BCUT2D eigenvalue weighted by atomic mass is 10.0. The highest BCUT2D eigenvalue weighted by molar-refractivity contribution is 5.41.